The highest BCUT2D eigenvalue weighted by Crippen LogP contribution is 2.19. The number of ether oxygens (including phenoxy) is 1. The van der Waals surface area contributed by atoms with Crippen LogP contribution < -0.4 is 5.32 Å². The highest BCUT2D eigenvalue weighted by Gasteiger charge is 2.20. The number of hydrogen-bond acceptors (Lipinski definition) is 5. The lowest BCUT2D eigenvalue weighted by Crippen LogP contribution is -2.45. The highest BCUT2D eigenvalue weighted by molar-refractivity contribution is 5.76. The molecule has 0 aromatic carbocycles. The van der Waals surface area contributed by atoms with Gasteiger partial charge in [-0.3, -0.25) is 9.59 Å². The van der Waals surface area contributed by atoms with Crippen molar-refractivity contribution >= 4 is 11.9 Å². The Hall–Kier alpha value is -1.66. The molecule has 0 spiro atoms. The van der Waals surface area contributed by atoms with Crippen molar-refractivity contribution < 1.29 is 24.5 Å². The van der Waals surface area contributed by atoms with Crippen molar-refractivity contribution in [2.45, 2.75) is 398 Å². The van der Waals surface area contributed by atoms with Crippen LogP contribution in [0.1, 0.15) is 386 Å². The van der Waals surface area contributed by atoms with E-state index in [4.69, 9.17) is 4.74 Å². The minimum absolute atomic E-state index is 0.00748. The zero-order valence-corrected chi connectivity index (χ0v) is 51.5. The SMILES string of the molecule is CCCC/C=C\CCCCCCCC(=O)OCCCCCCCCCCCCCC/C=C\CCCCCCCCCCCCCCCCCCC(=O)NC(CO)C(O)CCCCCCCCCCCCCCCCCC. The first-order valence-corrected chi connectivity index (χ1v) is 34.6. The Labute approximate surface area is 475 Å². The first-order valence-electron chi connectivity index (χ1n) is 34.6. The molecule has 0 aromatic heterocycles. The average Bonchev–Trinajstić information content (AvgIpc) is 3.42. The Morgan fingerprint density at radius 3 is 0.974 bits per heavy atom. The number of unbranched alkanes of at least 4 members (excludes halogenated alkanes) is 50. The van der Waals surface area contributed by atoms with Crippen LogP contribution >= 0.6 is 0 Å². The third-order valence-corrected chi connectivity index (χ3v) is 16.2. The Kier molecular flexibility index (Phi) is 64.4. The van der Waals surface area contributed by atoms with Crippen molar-refractivity contribution in [2.24, 2.45) is 0 Å². The summed E-state index contributed by atoms with van der Waals surface area (Å²) in [4.78, 5) is 24.5. The molecule has 6 heteroatoms. The van der Waals surface area contributed by atoms with E-state index >= 15 is 0 Å². The van der Waals surface area contributed by atoms with E-state index in [2.05, 4.69) is 43.5 Å². The van der Waals surface area contributed by atoms with Crippen molar-refractivity contribution in [1.29, 1.82) is 0 Å². The predicted molar refractivity (Wildman–Crippen MR) is 333 cm³/mol. The average molecular weight is 1070 g/mol. The molecule has 0 saturated carbocycles. The molecule has 0 fully saturated rings. The molecule has 0 aliphatic carbocycles. The Balaban J connectivity index is 3.35. The summed E-state index contributed by atoms with van der Waals surface area (Å²) in [6.07, 6.45) is 82.3. The zero-order valence-electron chi connectivity index (χ0n) is 51.5. The largest absolute Gasteiger partial charge is 0.466 e. The van der Waals surface area contributed by atoms with Gasteiger partial charge in [0.2, 0.25) is 5.91 Å². The smallest absolute Gasteiger partial charge is 0.305 e. The second-order valence-electron chi connectivity index (χ2n) is 23.9. The van der Waals surface area contributed by atoms with Crippen LogP contribution in [0.2, 0.25) is 0 Å². The number of hydrogen-bond donors (Lipinski definition) is 3. The number of aliphatic hydroxyl groups is 2. The predicted octanol–water partition coefficient (Wildman–Crippen LogP) is 22.1. The molecule has 2 unspecified atom stereocenters. The summed E-state index contributed by atoms with van der Waals surface area (Å²) in [6.45, 7) is 4.94. The van der Waals surface area contributed by atoms with E-state index in [9.17, 15) is 19.8 Å². The summed E-state index contributed by atoms with van der Waals surface area (Å²) in [5, 5.41) is 23.3. The van der Waals surface area contributed by atoms with Crippen molar-refractivity contribution in [2.75, 3.05) is 13.2 Å². The van der Waals surface area contributed by atoms with Crippen LogP contribution in [0.25, 0.3) is 0 Å². The van der Waals surface area contributed by atoms with Crippen LogP contribution in [0.3, 0.4) is 0 Å². The van der Waals surface area contributed by atoms with Gasteiger partial charge in [-0.1, -0.05) is 327 Å². The summed E-state index contributed by atoms with van der Waals surface area (Å²) >= 11 is 0. The van der Waals surface area contributed by atoms with Crippen LogP contribution in [0.4, 0.5) is 0 Å². The van der Waals surface area contributed by atoms with Gasteiger partial charge in [0.25, 0.3) is 0 Å². The van der Waals surface area contributed by atoms with E-state index in [1.807, 2.05) is 0 Å². The second-order valence-corrected chi connectivity index (χ2v) is 23.9. The van der Waals surface area contributed by atoms with E-state index < -0.39 is 12.1 Å². The normalized spacial score (nSPS) is 12.6. The van der Waals surface area contributed by atoms with Gasteiger partial charge in [0.15, 0.2) is 0 Å². The van der Waals surface area contributed by atoms with Crippen LogP contribution in [0.15, 0.2) is 24.3 Å². The molecule has 1 amide bonds. The summed E-state index contributed by atoms with van der Waals surface area (Å²) in [7, 11) is 0. The van der Waals surface area contributed by atoms with E-state index in [1.165, 1.54) is 308 Å². The fourth-order valence-corrected chi connectivity index (χ4v) is 10.9. The number of allylic oxidation sites excluding steroid dienone is 4. The number of nitrogens with one attached hydrogen (secondary N) is 1. The lowest BCUT2D eigenvalue weighted by atomic mass is 10.0. The lowest BCUT2D eigenvalue weighted by molar-refractivity contribution is -0.143. The molecule has 0 rings (SSSR count). The standard InChI is InChI=1S/C70H135NO5/c1-3-5-7-9-11-13-15-16-17-36-39-43-46-50-54-58-62-68(73)67(66-72)71-69(74)63-59-55-51-47-44-40-37-34-32-30-28-26-24-22-20-18-19-21-23-25-27-29-31-33-35-38-41-45-49-53-57-61-65-76-70(75)64-60-56-52-48-42-14-12-10-8-6-4-2/h10,12,21,23,67-68,72-73H,3-9,11,13-20,22,24-66H2,1-2H3,(H,71,74)/b12-10-,23-21-. The van der Waals surface area contributed by atoms with Crippen LogP contribution in [0, 0.1) is 0 Å². The molecule has 0 aromatic rings. The summed E-state index contributed by atoms with van der Waals surface area (Å²) < 4.78 is 5.47. The Morgan fingerprint density at radius 2 is 0.632 bits per heavy atom. The minimum Gasteiger partial charge on any atom is -0.466 e. The van der Waals surface area contributed by atoms with Gasteiger partial charge in [-0.2, -0.15) is 0 Å². The lowest BCUT2D eigenvalue weighted by Gasteiger charge is -2.22. The minimum atomic E-state index is -0.662. The maximum absolute atomic E-state index is 12.5. The number of amides is 1. The molecule has 3 N–H and O–H groups in total. The number of esters is 1. The van der Waals surface area contributed by atoms with Crippen molar-refractivity contribution in [3.63, 3.8) is 0 Å². The molecular weight excluding hydrogens is 935 g/mol. The van der Waals surface area contributed by atoms with Gasteiger partial charge < -0.3 is 20.3 Å². The number of carbonyl (C=O) groups is 2. The van der Waals surface area contributed by atoms with Crippen molar-refractivity contribution in [3.05, 3.63) is 24.3 Å². The fourth-order valence-electron chi connectivity index (χ4n) is 10.9. The van der Waals surface area contributed by atoms with E-state index in [-0.39, 0.29) is 18.5 Å². The topological polar surface area (TPSA) is 95.9 Å². The quantitative estimate of drug-likeness (QED) is 0.0320. The molecule has 0 bridgehead atoms. The van der Waals surface area contributed by atoms with Crippen LogP contribution in [-0.4, -0.2) is 47.4 Å². The maximum atomic E-state index is 12.5. The zero-order chi connectivity index (χ0) is 55.0. The van der Waals surface area contributed by atoms with E-state index in [1.54, 1.807) is 0 Å². The van der Waals surface area contributed by atoms with Crippen LogP contribution in [0.5, 0.6) is 0 Å². The van der Waals surface area contributed by atoms with Gasteiger partial charge in [0.05, 0.1) is 25.4 Å². The van der Waals surface area contributed by atoms with Crippen molar-refractivity contribution in [3.8, 4) is 0 Å². The molecule has 6 nitrogen and oxygen atoms in total. The molecule has 0 heterocycles. The molecule has 0 aliphatic heterocycles. The van der Waals surface area contributed by atoms with Crippen molar-refractivity contribution in [1.82, 2.24) is 5.32 Å². The Bertz CT molecular complexity index is 1190. The number of rotatable bonds is 65. The van der Waals surface area contributed by atoms with Gasteiger partial charge in [0, 0.05) is 12.8 Å². The third kappa shape index (κ3) is 61.6. The van der Waals surface area contributed by atoms with E-state index in [0.29, 0.717) is 25.9 Å². The maximum Gasteiger partial charge on any atom is 0.305 e. The number of aliphatic hydroxyl groups excluding tert-OH is 2. The number of carbonyl (C=O) groups excluding carboxylic acids is 2. The van der Waals surface area contributed by atoms with Gasteiger partial charge in [0.1, 0.15) is 0 Å². The molecule has 0 saturated heterocycles. The molecule has 76 heavy (non-hydrogen) atoms. The van der Waals surface area contributed by atoms with Gasteiger partial charge in [-0.25, -0.2) is 0 Å². The van der Waals surface area contributed by atoms with Gasteiger partial charge in [-0.05, 0) is 70.6 Å². The molecule has 0 aliphatic rings. The van der Waals surface area contributed by atoms with Gasteiger partial charge in [-0.15, -0.1) is 0 Å². The monoisotopic (exact) mass is 1070 g/mol. The van der Waals surface area contributed by atoms with E-state index in [0.717, 1.165) is 44.9 Å². The second kappa shape index (κ2) is 65.9. The van der Waals surface area contributed by atoms with Crippen LogP contribution in [-0.2, 0) is 14.3 Å². The third-order valence-electron chi connectivity index (χ3n) is 16.2. The highest BCUT2D eigenvalue weighted by atomic mass is 16.5. The molecule has 450 valence electrons. The first-order chi connectivity index (χ1) is 37.5. The first kappa shape index (κ1) is 74.3. The summed E-state index contributed by atoms with van der Waals surface area (Å²) in [5.74, 6) is -0.0217. The molecular formula is C70H135NO5. The summed E-state index contributed by atoms with van der Waals surface area (Å²) in [5.41, 5.74) is 0. The van der Waals surface area contributed by atoms with Gasteiger partial charge >= 0.3 is 5.97 Å². The fraction of sp³-hybridized carbons (Fsp3) is 0.914. The Morgan fingerprint density at radius 1 is 0.355 bits per heavy atom. The molecule has 0 radical (unpaired) electrons. The molecule has 2 atom stereocenters. The summed E-state index contributed by atoms with van der Waals surface area (Å²) in [6, 6.07) is -0.539.